The first-order valence-corrected chi connectivity index (χ1v) is 6.32. The number of anilines is 1. The predicted molar refractivity (Wildman–Crippen MR) is 73.5 cm³/mol. The number of thiocarbonyl (C=S) groups is 1. The summed E-state index contributed by atoms with van der Waals surface area (Å²) in [5, 5.41) is 4.94. The molecule has 17 heavy (non-hydrogen) atoms. The molecule has 0 saturated heterocycles. The molecule has 0 aliphatic carbocycles. The first kappa shape index (κ1) is 10.4. The monoisotopic (exact) mass is 260 g/mol. The molecule has 0 fully saturated rings. The third-order valence-electron chi connectivity index (χ3n) is 2.29. The third kappa shape index (κ3) is 2.04. The van der Waals surface area contributed by atoms with E-state index in [0.717, 1.165) is 16.7 Å². The molecule has 1 aromatic carbocycles. The maximum Gasteiger partial charge on any atom is 0.206 e. The largest absolute Gasteiger partial charge is 0.324 e. The van der Waals surface area contributed by atoms with Gasteiger partial charge in [-0.1, -0.05) is 24.4 Å². The molecule has 2 aromatic heterocycles. The molecule has 6 heteroatoms. The second-order valence-corrected chi connectivity index (χ2v) is 4.56. The number of thiazole rings is 1. The van der Waals surface area contributed by atoms with Gasteiger partial charge in [0, 0.05) is 5.38 Å². The lowest BCUT2D eigenvalue weighted by molar-refractivity contribution is 1.32. The van der Waals surface area contributed by atoms with Gasteiger partial charge in [0.05, 0.1) is 16.5 Å². The number of para-hydroxylation sites is 2. The molecular formula is C11H8N4S2. The molecule has 0 spiro atoms. The van der Waals surface area contributed by atoms with Gasteiger partial charge in [-0.25, -0.2) is 9.97 Å². The van der Waals surface area contributed by atoms with Crippen molar-refractivity contribution in [3.8, 4) is 0 Å². The highest BCUT2D eigenvalue weighted by Crippen LogP contribution is 2.14. The molecule has 0 radical (unpaired) electrons. The van der Waals surface area contributed by atoms with Crippen molar-refractivity contribution in [2.24, 2.45) is 0 Å². The summed E-state index contributed by atoms with van der Waals surface area (Å²) >= 11 is 6.75. The van der Waals surface area contributed by atoms with E-state index in [-0.39, 0.29) is 0 Å². The Kier molecular flexibility index (Phi) is 2.58. The Morgan fingerprint density at radius 3 is 3.00 bits per heavy atom. The molecule has 0 saturated carbocycles. The van der Waals surface area contributed by atoms with Crippen LogP contribution in [0.4, 0.5) is 5.95 Å². The van der Waals surface area contributed by atoms with Crippen molar-refractivity contribution in [1.82, 2.24) is 15.0 Å². The second kappa shape index (κ2) is 4.23. The average Bonchev–Trinajstić information content (AvgIpc) is 2.97. The van der Waals surface area contributed by atoms with E-state index >= 15 is 0 Å². The lowest BCUT2D eigenvalue weighted by Gasteiger charge is -2.00. The zero-order valence-electron chi connectivity index (χ0n) is 8.68. The molecule has 2 heterocycles. The number of nitrogens with zero attached hydrogens (tertiary/aromatic N) is 2. The van der Waals surface area contributed by atoms with Crippen LogP contribution in [-0.2, 0) is 0 Å². The molecule has 0 unspecified atom stereocenters. The Morgan fingerprint density at radius 1 is 1.35 bits per heavy atom. The van der Waals surface area contributed by atoms with E-state index in [9.17, 15) is 0 Å². The molecule has 0 aliphatic heterocycles. The van der Waals surface area contributed by atoms with Crippen molar-refractivity contribution >= 4 is 45.5 Å². The van der Waals surface area contributed by atoms with E-state index < -0.39 is 0 Å². The standard InChI is InChI=1S/C11H8N4S2/c16-10(9-5-17-6-12-9)15-11-13-7-3-1-2-4-8(7)14-11/h1-6H,(H2,13,14,15,16). The van der Waals surface area contributed by atoms with Crippen molar-refractivity contribution < 1.29 is 0 Å². The van der Waals surface area contributed by atoms with E-state index in [0.29, 0.717) is 10.9 Å². The fourth-order valence-corrected chi connectivity index (χ4v) is 2.33. The number of fused-ring (bicyclic) bond motifs is 1. The van der Waals surface area contributed by atoms with Crippen molar-refractivity contribution in [3.63, 3.8) is 0 Å². The molecule has 0 bridgehead atoms. The average molecular weight is 260 g/mol. The Bertz CT molecular complexity index is 624. The smallest absolute Gasteiger partial charge is 0.206 e. The summed E-state index contributed by atoms with van der Waals surface area (Å²) in [6.45, 7) is 0. The zero-order chi connectivity index (χ0) is 11.7. The van der Waals surface area contributed by atoms with Gasteiger partial charge in [0.15, 0.2) is 0 Å². The number of hydrogen-bond acceptors (Lipinski definition) is 4. The maximum absolute atomic E-state index is 5.23. The van der Waals surface area contributed by atoms with E-state index in [1.165, 1.54) is 11.3 Å². The molecular weight excluding hydrogens is 252 g/mol. The highest BCUT2D eigenvalue weighted by molar-refractivity contribution is 7.81. The molecule has 0 atom stereocenters. The van der Waals surface area contributed by atoms with Crippen molar-refractivity contribution in [2.45, 2.75) is 0 Å². The molecule has 0 aliphatic rings. The highest BCUT2D eigenvalue weighted by Gasteiger charge is 2.06. The number of hydrogen-bond donors (Lipinski definition) is 2. The van der Waals surface area contributed by atoms with Gasteiger partial charge in [-0.3, -0.25) is 0 Å². The summed E-state index contributed by atoms with van der Waals surface area (Å²) < 4.78 is 0. The second-order valence-electron chi connectivity index (χ2n) is 3.43. The highest BCUT2D eigenvalue weighted by atomic mass is 32.1. The van der Waals surface area contributed by atoms with Crippen LogP contribution < -0.4 is 5.32 Å². The van der Waals surface area contributed by atoms with Crippen LogP contribution in [0.3, 0.4) is 0 Å². The fraction of sp³-hybridized carbons (Fsp3) is 0. The lowest BCUT2D eigenvalue weighted by atomic mass is 10.3. The van der Waals surface area contributed by atoms with Gasteiger partial charge in [-0.2, -0.15) is 0 Å². The normalized spacial score (nSPS) is 10.6. The minimum Gasteiger partial charge on any atom is -0.324 e. The van der Waals surface area contributed by atoms with Gasteiger partial charge in [0.1, 0.15) is 10.7 Å². The van der Waals surface area contributed by atoms with Crippen molar-refractivity contribution in [3.05, 3.63) is 40.8 Å². The number of benzene rings is 1. The topological polar surface area (TPSA) is 53.6 Å². The van der Waals surface area contributed by atoms with Gasteiger partial charge < -0.3 is 10.3 Å². The van der Waals surface area contributed by atoms with E-state index in [1.807, 2.05) is 29.6 Å². The van der Waals surface area contributed by atoms with Crippen LogP contribution in [0.15, 0.2) is 35.2 Å². The Hall–Kier alpha value is -1.79. The van der Waals surface area contributed by atoms with Crippen LogP contribution in [-0.4, -0.2) is 19.9 Å². The lowest BCUT2D eigenvalue weighted by Crippen LogP contribution is -2.11. The SMILES string of the molecule is S=C(Nc1nc2ccccc2[nH]1)c1cscn1. The molecule has 4 nitrogen and oxygen atoms in total. The van der Waals surface area contributed by atoms with E-state index in [4.69, 9.17) is 12.2 Å². The van der Waals surface area contributed by atoms with Gasteiger partial charge in [-0.05, 0) is 12.1 Å². The minimum absolute atomic E-state index is 0.574. The number of imidazole rings is 1. The number of aromatic amines is 1. The number of H-pyrrole nitrogens is 1. The van der Waals surface area contributed by atoms with Gasteiger partial charge >= 0.3 is 0 Å². The molecule has 2 N–H and O–H groups in total. The summed E-state index contributed by atoms with van der Waals surface area (Å²) in [4.78, 5) is 12.3. The van der Waals surface area contributed by atoms with Gasteiger partial charge in [0.25, 0.3) is 0 Å². The first-order valence-electron chi connectivity index (χ1n) is 4.97. The Balaban J connectivity index is 1.88. The third-order valence-corrected chi connectivity index (χ3v) is 3.18. The van der Waals surface area contributed by atoms with Crippen LogP contribution in [0.2, 0.25) is 0 Å². The van der Waals surface area contributed by atoms with Crippen molar-refractivity contribution in [1.29, 1.82) is 0 Å². The summed E-state index contributed by atoms with van der Waals surface area (Å²) in [5.74, 6) is 0.643. The quantitative estimate of drug-likeness (QED) is 0.696. The summed E-state index contributed by atoms with van der Waals surface area (Å²) in [7, 11) is 0. The zero-order valence-corrected chi connectivity index (χ0v) is 10.3. The first-order chi connectivity index (χ1) is 8.33. The van der Waals surface area contributed by atoms with Gasteiger partial charge in [-0.15, -0.1) is 11.3 Å². The van der Waals surface area contributed by atoms with E-state index in [2.05, 4.69) is 20.3 Å². The Morgan fingerprint density at radius 2 is 2.24 bits per heavy atom. The fourth-order valence-electron chi connectivity index (χ4n) is 1.51. The minimum atomic E-state index is 0.574. The van der Waals surface area contributed by atoms with Crippen LogP contribution in [0.5, 0.6) is 0 Å². The molecule has 0 amide bonds. The maximum atomic E-state index is 5.23. The molecule has 3 aromatic rings. The van der Waals surface area contributed by atoms with Crippen LogP contribution in [0, 0.1) is 0 Å². The summed E-state index contributed by atoms with van der Waals surface area (Å²) in [5.41, 5.74) is 4.42. The van der Waals surface area contributed by atoms with Crippen LogP contribution in [0.25, 0.3) is 11.0 Å². The number of aromatic nitrogens is 3. The number of nitrogens with one attached hydrogen (secondary N) is 2. The van der Waals surface area contributed by atoms with Crippen molar-refractivity contribution in [2.75, 3.05) is 5.32 Å². The van der Waals surface area contributed by atoms with Crippen LogP contribution >= 0.6 is 23.6 Å². The Labute approximate surface area is 107 Å². The molecule has 84 valence electrons. The van der Waals surface area contributed by atoms with Gasteiger partial charge in [0.2, 0.25) is 5.95 Å². The summed E-state index contributed by atoms with van der Waals surface area (Å²) in [6.07, 6.45) is 0. The predicted octanol–water partition coefficient (Wildman–Crippen LogP) is 2.81. The van der Waals surface area contributed by atoms with E-state index in [1.54, 1.807) is 5.51 Å². The number of rotatable bonds is 2. The summed E-state index contributed by atoms with van der Waals surface area (Å²) in [6, 6.07) is 7.83. The van der Waals surface area contributed by atoms with Crippen LogP contribution in [0.1, 0.15) is 5.69 Å². The molecule has 3 rings (SSSR count).